The third-order valence-electron chi connectivity index (χ3n) is 3.62. The molecule has 0 aliphatic heterocycles. The highest BCUT2D eigenvalue weighted by molar-refractivity contribution is 5.94. The van der Waals surface area contributed by atoms with Gasteiger partial charge in [-0.25, -0.2) is 13.2 Å². The second-order valence-corrected chi connectivity index (χ2v) is 5.56. The van der Waals surface area contributed by atoms with Crippen LogP contribution in [0.5, 0.6) is 0 Å². The van der Waals surface area contributed by atoms with Crippen molar-refractivity contribution in [1.29, 1.82) is 0 Å². The van der Waals surface area contributed by atoms with E-state index in [4.69, 9.17) is 0 Å². The number of carbonyl (C=O) groups is 2. The number of amides is 2. The summed E-state index contributed by atoms with van der Waals surface area (Å²) in [5.41, 5.74) is 0.502. The molecule has 0 aliphatic carbocycles. The molecule has 2 rings (SSSR count). The molecule has 0 aliphatic rings. The predicted molar refractivity (Wildman–Crippen MR) is 87.4 cm³/mol. The lowest BCUT2D eigenvalue weighted by Gasteiger charge is -2.12. The van der Waals surface area contributed by atoms with Crippen LogP contribution < -0.4 is 10.6 Å². The van der Waals surface area contributed by atoms with Gasteiger partial charge in [-0.15, -0.1) is 0 Å². The minimum atomic E-state index is -1.67. The Morgan fingerprint density at radius 2 is 1.64 bits per heavy atom. The zero-order valence-electron chi connectivity index (χ0n) is 13.5. The Labute approximate surface area is 143 Å². The number of halogens is 3. The highest BCUT2D eigenvalue weighted by atomic mass is 19.2. The second-order valence-electron chi connectivity index (χ2n) is 5.56. The molecule has 0 bridgehead atoms. The van der Waals surface area contributed by atoms with Gasteiger partial charge in [0.15, 0.2) is 17.5 Å². The van der Waals surface area contributed by atoms with Crippen molar-refractivity contribution in [3.05, 3.63) is 65.5 Å². The lowest BCUT2D eigenvalue weighted by Crippen LogP contribution is -2.33. The molecule has 2 N–H and O–H groups in total. The number of benzene rings is 2. The summed E-state index contributed by atoms with van der Waals surface area (Å²) in [5, 5.41) is 4.49. The lowest BCUT2D eigenvalue weighted by atomic mass is 9.98. The van der Waals surface area contributed by atoms with Crippen LogP contribution in [-0.4, -0.2) is 18.4 Å². The van der Waals surface area contributed by atoms with E-state index >= 15 is 0 Å². The molecule has 0 heterocycles. The van der Waals surface area contributed by atoms with Crippen LogP contribution in [0.3, 0.4) is 0 Å². The maximum Gasteiger partial charge on any atom is 0.243 e. The van der Waals surface area contributed by atoms with Crippen LogP contribution in [0.15, 0.2) is 42.5 Å². The highest BCUT2D eigenvalue weighted by Gasteiger charge is 2.16. The summed E-state index contributed by atoms with van der Waals surface area (Å²) in [5.74, 6) is -5.63. The standard InChI is InChI=1S/C18H17F3N2O2/c1-11(12-5-3-2-4-6-12)9-15(24)22-10-16(25)23-14-8-7-13(19)17(20)18(14)21/h2-8,11H,9-10H2,1H3,(H,22,24)(H,23,25). The van der Waals surface area contributed by atoms with Gasteiger partial charge in [-0.05, 0) is 23.6 Å². The molecule has 0 aromatic heterocycles. The molecule has 2 aromatic carbocycles. The first-order valence-electron chi connectivity index (χ1n) is 7.63. The summed E-state index contributed by atoms with van der Waals surface area (Å²) < 4.78 is 39.4. The van der Waals surface area contributed by atoms with Crippen LogP contribution in [-0.2, 0) is 9.59 Å². The minimum Gasteiger partial charge on any atom is -0.347 e. The summed E-state index contributed by atoms with van der Waals surface area (Å²) in [4.78, 5) is 23.6. The summed E-state index contributed by atoms with van der Waals surface area (Å²) in [6.07, 6.45) is 0.177. The molecule has 1 atom stereocenters. The SMILES string of the molecule is CC(CC(=O)NCC(=O)Nc1ccc(F)c(F)c1F)c1ccccc1. The summed E-state index contributed by atoms with van der Waals surface area (Å²) in [7, 11) is 0. The fraction of sp³-hybridized carbons (Fsp3) is 0.222. The number of hydrogen-bond acceptors (Lipinski definition) is 2. The van der Waals surface area contributed by atoms with Crippen LogP contribution in [0.25, 0.3) is 0 Å². The molecule has 0 fully saturated rings. The van der Waals surface area contributed by atoms with Crippen LogP contribution in [0.2, 0.25) is 0 Å². The third-order valence-corrected chi connectivity index (χ3v) is 3.62. The molecule has 1 unspecified atom stereocenters. The van der Waals surface area contributed by atoms with Gasteiger partial charge in [0.2, 0.25) is 11.8 Å². The van der Waals surface area contributed by atoms with E-state index in [0.717, 1.165) is 11.6 Å². The fourth-order valence-electron chi connectivity index (χ4n) is 2.25. The van der Waals surface area contributed by atoms with Crippen LogP contribution in [0.1, 0.15) is 24.8 Å². The van der Waals surface area contributed by atoms with Crippen molar-refractivity contribution in [2.75, 3.05) is 11.9 Å². The molecule has 4 nitrogen and oxygen atoms in total. The van der Waals surface area contributed by atoms with Crippen molar-refractivity contribution < 1.29 is 22.8 Å². The van der Waals surface area contributed by atoms with Gasteiger partial charge in [0.05, 0.1) is 12.2 Å². The molecule has 0 spiro atoms. The Balaban J connectivity index is 1.84. The average molecular weight is 350 g/mol. The molecular weight excluding hydrogens is 333 g/mol. The first kappa shape index (κ1) is 18.5. The maximum absolute atomic E-state index is 13.5. The van der Waals surface area contributed by atoms with Gasteiger partial charge in [-0.2, -0.15) is 0 Å². The number of nitrogens with one attached hydrogen (secondary N) is 2. The number of rotatable bonds is 6. The molecule has 2 amide bonds. The molecule has 0 radical (unpaired) electrons. The Bertz CT molecular complexity index is 766. The van der Waals surface area contributed by atoms with E-state index in [1.165, 1.54) is 0 Å². The van der Waals surface area contributed by atoms with Gasteiger partial charge in [0.25, 0.3) is 0 Å². The van der Waals surface area contributed by atoms with Gasteiger partial charge >= 0.3 is 0 Å². The van der Waals surface area contributed by atoms with Crippen molar-refractivity contribution in [2.24, 2.45) is 0 Å². The largest absolute Gasteiger partial charge is 0.347 e. The quantitative estimate of drug-likeness (QED) is 0.785. The van der Waals surface area contributed by atoms with Gasteiger partial charge in [-0.3, -0.25) is 9.59 Å². The van der Waals surface area contributed by atoms with Crippen molar-refractivity contribution in [2.45, 2.75) is 19.3 Å². The van der Waals surface area contributed by atoms with Crippen LogP contribution in [0.4, 0.5) is 18.9 Å². The third kappa shape index (κ3) is 5.07. The second kappa shape index (κ2) is 8.32. The lowest BCUT2D eigenvalue weighted by molar-refractivity contribution is -0.124. The predicted octanol–water partition coefficient (Wildman–Crippen LogP) is 3.35. The molecule has 2 aromatic rings. The molecule has 0 saturated carbocycles. The van der Waals surface area contributed by atoms with Gasteiger partial charge < -0.3 is 10.6 Å². The molecule has 7 heteroatoms. The van der Waals surface area contributed by atoms with Gasteiger partial charge in [-0.1, -0.05) is 37.3 Å². The Hall–Kier alpha value is -2.83. The minimum absolute atomic E-state index is 0.0344. The van der Waals surface area contributed by atoms with Crippen molar-refractivity contribution >= 4 is 17.5 Å². The van der Waals surface area contributed by atoms with E-state index in [9.17, 15) is 22.8 Å². The monoisotopic (exact) mass is 350 g/mol. The van der Waals surface area contributed by atoms with E-state index in [-0.39, 0.29) is 18.2 Å². The van der Waals surface area contributed by atoms with E-state index in [1.54, 1.807) is 0 Å². The molecule has 25 heavy (non-hydrogen) atoms. The first-order valence-corrected chi connectivity index (χ1v) is 7.63. The van der Waals surface area contributed by atoms with E-state index in [0.29, 0.717) is 6.07 Å². The zero-order valence-corrected chi connectivity index (χ0v) is 13.5. The normalized spacial score (nSPS) is 11.7. The Kier molecular flexibility index (Phi) is 6.16. The summed E-state index contributed by atoms with van der Waals surface area (Å²) in [6.45, 7) is 1.48. The van der Waals surface area contributed by atoms with E-state index in [2.05, 4.69) is 10.6 Å². The first-order chi connectivity index (χ1) is 11.9. The smallest absolute Gasteiger partial charge is 0.243 e. The maximum atomic E-state index is 13.5. The van der Waals surface area contributed by atoms with Crippen LogP contribution >= 0.6 is 0 Å². The molecule has 0 saturated heterocycles. The zero-order chi connectivity index (χ0) is 18.4. The Morgan fingerprint density at radius 1 is 0.960 bits per heavy atom. The topological polar surface area (TPSA) is 58.2 Å². The van der Waals surface area contributed by atoms with Crippen molar-refractivity contribution in [3.63, 3.8) is 0 Å². The van der Waals surface area contributed by atoms with Gasteiger partial charge in [0.1, 0.15) is 0 Å². The van der Waals surface area contributed by atoms with Crippen molar-refractivity contribution in [3.8, 4) is 0 Å². The van der Waals surface area contributed by atoms with E-state index in [1.807, 2.05) is 37.3 Å². The van der Waals surface area contributed by atoms with Crippen LogP contribution in [0, 0.1) is 17.5 Å². The fourth-order valence-corrected chi connectivity index (χ4v) is 2.25. The van der Waals surface area contributed by atoms with E-state index < -0.39 is 35.6 Å². The Morgan fingerprint density at radius 3 is 2.32 bits per heavy atom. The number of carbonyl (C=O) groups excluding carboxylic acids is 2. The average Bonchev–Trinajstić information content (AvgIpc) is 2.61. The number of anilines is 1. The number of hydrogen-bond donors (Lipinski definition) is 2. The van der Waals surface area contributed by atoms with Gasteiger partial charge in [0, 0.05) is 6.42 Å². The summed E-state index contributed by atoms with van der Waals surface area (Å²) >= 11 is 0. The van der Waals surface area contributed by atoms with Crippen molar-refractivity contribution in [1.82, 2.24) is 5.32 Å². The molecule has 132 valence electrons. The molecular formula is C18H17F3N2O2. The highest BCUT2D eigenvalue weighted by Crippen LogP contribution is 2.20. The summed E-state index contributed by atoms with van der Waals surface area (Å²) in [6, 6.07) is 11.0.